The molecule has 0 aliphatic heterocycles. The van der Waals surface area contributed by atoms with E-state index in [1.807, 2.05) is 13.8 Å². The molecule has 0 rings (SSSR count). The number of carbonyl (C=O) groups is 1. The van der Waals surface area contributed by atoms with Crippen LogP contribution in [0.5, 0.6) is 0 Å². The predicted molar refractivity (Wildman–Crippen MR) is 60.3 cm³/mol. The summed E-state index contributed by atoms with van der Waals surface area (Å²) in [6, 6.07) is -0.0764. The topological polar surface area (TPSA) is 95.6 Å². The largest absolute Gasteiger partial charge is 0.395 e. The maximum atomic E-state index is 10.3. The molecule has 0 aliphatic rings. The van der Waals surface area contributed by atoms with E-state index in [1.54, 1.807) is 0 Å². The van der Waals surface area contributed by atoms with Gasteiger partial charge in [-0.05, 0) is 12.8 Å². The molecule has 0 aromatic heterocycles. The first-order valence-corrected chi connectivity index (χ1v) is 5.26. The van der Waals surface area contributed by atoms with Crippen LogP contribution in [-0.2, 0) is 4.79 Å². The van der Waals surface area contributed by atoms with Crippen LogP contribution >= 0.6 is 0 Å². The summed E-state index contributed by atoms with van der Waals surface area (Å²) in [6.07, 6.45) is 1.63. The maximum absolute atomic E-state index is 10.3. The van der Waals surface area contributed by atoms with E-state index in [0.29, 0.717) is 0 Å². The zero-order valence-electron chi connectivity index (χ0n) is 9.86. The van der Waals surface area contributed by atoms with Gasteiger partial charge in [0, 0.05) is 13.0 Å². The molecule has 5 N–H and O–H groups in total. The second-order valence-electron chi connectivity index (χ2n) is 3.34. The molecule has 0 bridgehead atoms. The minimum atomic E-state index is -0.0871. The fourth-order valence-corrected chi connectivity index (χ4v) is 0.693. The molecule has 0 unspecified atom stereocenters. The summed E-state index contributed by atoms with van der Waals surface area (Å²) in [4.78, 5) is 10.3. The van der Waals surface area contributed by atoms with Gasteiger partial charge in [0.25, 0.3) is 0 Å². The van der Waals surface area contributed by atoms with Crippen molar-refractivity contribution in [1.82, 2.24) is 5.32 Å². The van der Waals surface area contributed by atoms with Gasteiger partial charge in [-0.3, -0.25) is 4.79 Å². The minimum absolute atomic E-state index is 0.00926. The molecule has 0 radical (unpaired) electrons. The highest BCUT2D eigenvalue weighted by Gasteiger charge is 2.03. The second kappa shape index (κ2) is 11.4. The predicted octanol–water partition coefficient (Wildman–Crippen LogP) is -0.391. The maximum Gasteiger partial charge on any atom is 0.217 e. The van der Waals surface area contributed by atoms with Crippen molar-refractivity contribution in [2.75, 3.05) is 13.2 Å². The van der Waals surface area contributed by atoms with Crippen LogP contribution in [0.1, 0.15) is 33.6 Å². The zero-order chi connectivity index (χ0) is 12.3. The van der Waals surface area contributed by atoms with Crippen molar-refractivity contribution in [3.63, 3.8) is 0 Å². The molecule has 2 atom stereocenters. The smallest absolute Gasteiger partial charge is 0.217 e. The van der Waals surface area contributed by atoms with Gasteiger partial charge in [0.05, 0.1) is 19.3 Å². The fraction of sp³-hybridized carbons (Fsp3) is 0.900. The highest BCUT2D eigenvalue weighted by Crippen LogP contribution is 1.86. The third kappa shape index (κ3) is 13.3. The summed E-state index contributed by atoms with van der Waals surface area (Å²) < 4.78 is 0. The lowest BCUT2D eigenvalue weighted by Crippen LogP contribution is -2.35. The standard InChI is InChI=1S/C6H13NO2.C4H11NO/c1-3-6(4-8)7-5(2)9;1-2-4(5)3-6/h6,8H,3-4H2,1-2H3,(H,7,9);4,6H,2-3,5H2,1H3/t6-;4-/m11/s1. The van der Waals surface area contributed by atoms with Gasteiger partial charge in [-0.15, -0.1) is 0 Å². The second-order valence-corrected chi connectivity index (χ2v) is 3.34. The van der Waals surface area contributed by atoms with E-state index in [4.69, 9.17) is 15.9 Å². The number of amides is 1. The molecule has 15 heavy (non-hydrogen) atoms. The van der Waals surface area contributed by atoms with Crippen molar-refractivity contribution >= 4 is 5.91 Å². The average molecular weight is 220 g/mol. The third-order valence-corrected chi connectivity index (χ3v) is 1.88. The molecule has 0 aromatic rings. The molecule has 0 fully saturated rings. The Balaban J connectivity index is 0. The average Bonchev–Trinajstić information content (AvgIpc) is 2.25. The van der Waals surface area contributed by atoms with Crippen molar-refractivity contribution in [3.8, 4) is 0 Å². The molecule has 1 amide bonds. The normalized spacial score (nSPS) is 13.5. The van der Waals surface area contributed by atoms with Crippen molar-refractivity contribution < 1.29 is 15.0 Å². The Morgan fingerprint density at radius 1 is 1.27 bits per heavy atom. The summed E-state index contributed by atoms with van der Waals surface area (Å²) in [7, 11) is 0. The van der Waals surface area contributed by atoms with Gasteiger partial charge < -0.3 is 21.3 Å². The Bertz CT molecular complexity index is 146. The molecule has 0 heterocycles. The number of nitrogens with two attached hydrogens (primary N) is 1. The Kier molecular flexibility index (Phi) is 12.8. The Hall–Kier alpha value is -0.650. The highest BCUT2D eigenvalue weighted by atomic mass is 16.3. The molecule has 5 heteroatoms. The molecule has 0 saturated carbocycles. The van der Waals surface area contributed by atoms with E-state index < -0.39 is 0 Å². The van der Waals surface area contributed by atoms with Gasteiger partial charge in [-0.25, -0.2) is 0 Å². The minimum Gasteiger partial charge on any atom is -0.395 e. The van der Waals surface area contributed by atoms with E-state index in [2.05, 4.69) is 5.32 Å². The van der Waals surface area contributed by atoms with Crippen molar-refractivity contribution in [1.29, 1.82) is 0 Å². The van der Waals surface area contributed by atoms with Crippen LogP contribution in [0.15, 0.2) is 0 Å². The summed E-state index contributed by atoms with van der Waals surface area (Å²) in [5.74, 6) is -0.0871. The van der Waals surface area contributed by atoms with E-state index in [1.165, 1.54) is 6.92 Å². The Morgan fingerprint density at radius 3 is 1.87 bits per heavy atom. The highest BCUT2D eigenvalue weighted by molar-refractivity contribution is 5.73. The number of carbonyl (C=O) groups excluding carboxylic acids is 1. The van der Waals surface area contributed by atoms with Gasteiger partial charge in [0.2, 0.25) is 5.91 Å². The van der Waals surface area contributed by atoms with E-state index in [9.17, 15) is 4.79 Å². The van der Waals surface area contributed by atoms with Crippen LogP contribution in [0.4, 0.5) is 0 Å². The van der Waals surface area contributed by atoms with Crippen molar-refractivity contribution in [2.45, 2.75) is 45.7 Å². The van der Waals surface area contributed by atoms with Crippen LogP contribution in [0, 0.1) is 0 Å². The van der Waals surface area contributed by atoms with Crippen LogP contribution in [-0.4, -0.2) is 41.4 Å². The van der Waals surface area contributed by atoms with Gasteiger partial charge in [0.15, 0.2) is 0 Å². The van der Waals surface area contributed by atoms with Crippen molar-refractivity contribution in [2.24, 2.45) is 5.73 Å². The van der Waals surface area contributed by atoms with E-state index in [-0.39, 0.29) is 31.2 Å². The zero-order valence-corrected chi connectivity index (χ0v) is 9.86. The Labute approximate surface area is 91.7 Å². The van der Waals surface area contributed by atoms with Crippen LogP contribution in [0.2, 0.25) is 0 Å². The Morgan fingerprint density at radius 2 is 1.80 bits per heavy atom. The lowest BCUT2D eigenvalue weighted by atomic mass is 10.2. The molecular formula is C10H24N2O3. The first-order valence-electron chi connectivity index (χ1n) is 5.26. The molecule has 0 saturated heterocycles. The quantitative estimate of drug-likeness (QED) is 0.507. The molecule has 0 spiro atoms. The SMILES string of the molecule is CC[C@@H](N)CO.CC[C@H](CO)NC(C)=O. The lowest BCUT2D eigenvalue weighted by Gasteiger charge is -2.10. The van der Waals surface area contributed by atoms with Crippen LogP contribution in [0.25, 0.3) is 0 Å². The molecule has 5 nitrogen and oxygen atoms in total. The summed E-state index contributed by atoms with van der Waals surface area (Å²) in [6.45, 7) is 5.43. The monoisotopic (exact) mass is 220 g/mol. The van der Waals surface area contributed by atoms with Gasteiger partial charge in [-0.2, -0.15) is 0 Å². The summed E-state index contributed by atoms with van der Waals surface area (Å²) >= 11 is 0. The summed E-state index contributed by atoms with van der Waals surface area (Å²) in [5.41, 5.74) is 5.22. The number of hydrogen-bond acceptors (Lipinski definition) is 4. The fourth-order valence-electron chi connectivity index (χ4n) is 0.693. The number of hydrogen-bond donors (Lipinski definition) is 4. The van der Waals surface area contributed by atoms with Gasteiger partial charge in [0.1, 0.15) is 0 Å². The van der Waals surface area contributed by atoms with E-state index in [0.717, 1.165) is 12.8 Å². The third-order valence-electron chi connectivity index (χ3n) is 1.88. The number of nitrogens with one attached hydrogen (secondary N) is 1. The molecular weight excluding hydrogens is 196 g/mol. The molecule has 0 aliphatic carbocycles. The van der Waals surface area contributed by atoms with Crippen molar-refractivity contribution in [3.05, 3.63) is 0 Å². The summed E-state index contributed by atoms with van der Waals surface area (Å²) in [5, 5.41) is 19.4. The first kappa shape index (κ1) is 16.8. The number of aliphatic hydroxyl groups excluding tert-OH is 2. The van der Waals surface area contributed by atoms with Gasteiger partial charge in [-0.1, -0.05) is 13.8 Å². The molecule has 92 valence electrons. The van der Waals surface area contributed by atoms with Gasteiger partial charge >= 0.3 is 0 Å². The molecule has 0 aromatic carbocycles. The van der Waals surface area contributed by atoms with E-state index >= 15 is 0 Å². The van der Waals surface area contributed by atoms with Crippen LogP contribution in [0.3, 0.4) is 0 Å². The lowest BCUT2D eigenvalue weighted by molar-refractivity contribution is -0.120. The number of aliphatic hydroxyl groups is 2. The first-order chi connectivity index (χ1) is 7.01. The van der Waals surface area contributed by atoms with Crippen LogP contribution < -0.4 is 11.1 Å². The number of rotatable bonds is 5.